The number of aryl methyl sites for hydroxylation is 1. The molecule has 1 aromatic heterocycles. The van der Waals surface area contributed by atoms with Crippen molar-refractivity contribution in [3.05, 3.63) is 20.8 Å². The van der Waals surface area contributed by atoms with Crippen molar-refractivity contribution in [2.75, 3.05) is 0 Å². The molecular weight excluding hydrogens is 260 g/mol. The van der Waals surface area contributed by atoms with E-state index in [0.717, 1.165) is 19.3 Å². The van der Waals surface area contributed by atoms with Crippen molar-refractivity contribution in [3.8, 4) is 0 Å². The van der Waals surface area contributed by atoms with E-state index < -0.39 is 0 Å². The maximum absolute atomic E-state index is 9.60. The number of hydrogen-bond acceptors (Lipinski definition) is 2. The van der Waals surface area contributed by atoms with Crippen LogP contribution in [0.25, 0.3) is 0 Å². The molecule has 0 aromatic carbocycles. The minimum Gasteiger partial charge on any atom is -0.393 e. The summed E-state index contributed by atoms with van der Waals surface area (Å²) in [6.07, 6.45) is 2.93. The molecule has 0 radical (unpaired) electrons. The molecule has 1 N–H and O–H groups in total. The Morgan fingerprint density at radius 1 is 1.50 bits per heavy atom. The summed E-state index contributed by atoms with van der Waals surface area (Å²) >= 11 is 5.22. The molecule has 1 rings (SSSR count). The third kappa shape index (κ3) is 4.11. The van der Waals surface area contributed by atoms with E-state index in [2.05, 4.69) is 41.2 Å². The van der Waals surface area contributed by atoms with Gasteiger partial charge in [-0.3, -0.25) is 0 Å². The first-order valence-corrected chi connectivity index (χ1v) is 6.68. The highest BCUT2D eigenvalue weighted by Crippen LogP contribution is 2.22. The summed E-state index contributed by atoms with van der Waals surface area (Å²) in [5.74, 6) is 0.380. The molecule has 1 heterocycles. The molecule has 1 unspecified atom stereocenters. The Hall–Kier alpha value is 0.140. The molecule has 0 amide bonds. The Morgan fingerprint density at radius 3 is 2.71 bits per heavy atom. The lowest BCUT2D eigenvalue weighted by molar-refractivity contribution is 0.114. The number of hydrogen-bond donors (Lipinski definition) is 1. The van der Waals surface area contributed by atoms with Crippen molar-refractivity contribution in [3.63, 3.8) is 0 Å². The first-order valence-electron chi connectivity index (χ1n) is 5.00. The summed E-state index contributed by atoms with van der Waals surface area (Å²) in [5.41, 5.74) is 0. The molecule has 0 bridgehead atoms. The predicted molar refractivity (Wildman–Crippen MR) is 65.8 cm³/mol. The SMILES string of the molecule is CC(C)C(O)CCCc1cc(Br)cs1. The molecule has 14 heavy (non-hydrogen) atoms. The summed E-state index contributed by atoms with van der Waals surface area (Å²) in [4.78, 5) is 1.40. The standard InChI is InChI=1S/C11H17BrOS/c1-8(2)11(13)5-3-4-10-6-9(12)7-14-10/h6-8,11,13H,3-5H2,1-2H3. The van der Waals surface area contributed by atoms with Crippen LogP contribution in [0.4, 0.5) is 0 Å². The fourth-order valence-electron chi connectivity index (χ4n) is 1.30. The van der Waals surface area contributed by atoms with Crippen LogP contribution in [0.5, 0.6) is 0 Å². The second-order valence-corrected chi connectivity index (χ2v) is 5.85. The van der Waals surface area contributed by atoms with Gasteiger partial charge >= 0.3 is 0 Å². The molecule has 1 aromatic rings. The first kappa shape index (κ1) is 12.2. The van der Waals surface area contributed by atoms with E-state index in [4.69, 9.17) is 0 Å². The van der Waals surface area contributed by atoms with Gasteiger partial charge in [-0.15, -0.1) is 11.3 Å². The van der Waals surface area contributed by atoms with Crippen molar-refractivity contribution in [2.45, 2.75) is 39.2 Å². The van der Waals surface area contributed by atoms with Crippen molar-refractivity contribution in [2.24, 2.45) is 5.92 Å². The van der Waals surface area contributed by atoms with Gasteiger partial charge in [0, 0.05) is 14.7 Å². The maximum atomic E-state index is 9.60. The third-order valence-electron chi connectivity index (χ3n) is 2.31. The van der Waals surface area contributed by atoms with Gasteiger partial charge in [-0.05, 0) is 47.2 Å². The summed E-state index contributed by atoms with van der Waals surface area (Å²) in [6.45, 7) is 4.12. The van der Waals surface area contributed by atoms with Gasteiger partial charge in [0.1, 0.15) is 0 Å². The lowest BCUT2D eigenvalue weighted by atomic mass is 10.0. The molecule has 0 aliphatic carbocycles. The van der Waals surface area contributed by atoms with Crippen LogP contribution in [0.1, 0.15) is 31.6 Å². The van der Waals surface area contributed by atoms with E-state index in [9.17, 15) is 5.11 Å². The lowest BCUT2D eigenvalue weighted by Gasteiger charge is -2.13. The van der Waals surface area contributed by atoms with Crippen LogP contribution in [0.3, 0.4) is 0 Å². The topological polar surface area (TPSA) is 20.2 Å². The maximum Gasteiger partial charge on any atom is 0.0563 e. The number of aliphatic hydroxyl groups is 1. The van der Waals surface area contributed by atoms with Gasteiger partial charge < -0.3 is 5.11 Å². The molecule has 3 heteroatoms. The fourth-order valence-corrected chi connectivity index (χ4v) is 2.80. The van der Waals surface area contributed by atoms with Crippen LogP contribution in [0, 0.1) is 5.92 Å². The van der Waals surface area contributed by atoms with Crippen LogP contribution in [0.2, 0.25) is 0 Å². The highest BCUT2D eigenvalue weighted by atomic mass is 79.9. The van der Waals surface area contributed by atoms with E-state index in [-0.39, 0.29) is 6.10 Å². The molecule has 0 fully saturated rings. The van der Waals surface area contributed by atoms with Gasteiger partial charge in [-0.25, -0.2) is 0 Å². The van der Waals surface area contributed by atoms with E-state index in [0.29, 0.717) is 5.92 Å². The average molecular weight is 277 g/mol. The van der Waals surface area contributed by atoms with Crippen molar-refractivity contribution in [1.82, 2.24) is 0 Å². The number of thiophene rings is 1. The average Bonchev–Trinajstić information content (AvgIpc) is 2.51. The smallest absolute Gasteiger partial charge is 0.0563 e. The number of rotatable bonds is 5. The van der Waals surface area contributed by atoms with Gasteiger partial charge in [0.15, 0.2) is 0 Å². The molecule has 0 spiro atoms. The van der Waals surface area contributed by atoms with E-state index in [1.54, 1.807) is 11.3 Å². The molecule has 1 atom stereocenters. The zero-order chi connectivity index (χ0) is 10.6. The Labute approximate surface area is 98.3 Å². The molecule has 0 aliphatic heterocycles. The minimum absolute atomic E-state index is 0.140. The zero-order valence-electron chi connectivity index (χ0n) is 8.66. The quantitative estimate of drug-likeness (QED) is 0.866. The summed E-state index contributed by atoms with van der Waals surface area (Å²) in [6, 6.07) is 2.16. The molecule has 0 aliphatic rings. The van der Waals surface area contributed by atoms with Gasteiger partial charge in [0.05, 0.1) is 6.10 Å². The van der Waals surface area contributed by atoms with Crippen LogP contribution in [0.15, 0.2) is 15.9 Å². The van der Waals surface area contributed by atoms with Gasteiger partial charge in [-0.1, -0.05) is 13.8 Å². The van der Waals surface area contributed by atoms with Gasteiger partial charge in [-0.2, -0.15) is 0 Å². The van der Waals surface area contributed by atoms with E-state index in [1.807, 2.05) is 0 Å². The van der Waals surface area contributed by atoms with Crippen molar-refractivity contribution < 1.29 is 5.11 Å². The fraction of sp³-hybridized carbons (Fsp3) is 0.636. The van der Waals surface area contributed by atoms with Crippen LogP contribution < -0.4 is 0 Å². The summed E-state index contributed by atoms with van der Waals surface area (Å²) in [5, 5.41) is 11.7. The number of aliphatic hydroxyl groups excluding tert-OH is 1. The zero-order valence-corrected chi connectivity index (χ0v) is 11.1. The number of halogens is 1. The summed E-state index contributed by atoms with van der Waals surface area (Å²) < 4.78 is 1.17. The molecular formula is C11H17BrOS. The lowest BCUT2D eigenvalue weighted by Crippen LogP contribution is -2.14. The Kier molecular flexibility index (Phi) is 5.13. The van der Waals surface area contributed by atoms with E-state index in [1.165, 1.54) is 9.35 Å². The Morgan fingerprint density at radius 2 is 2.21 bits per heavy atom. The first-order chi connectivity index (χ1) is 6.59. The Bertz CT molecular complexity index is 270. The highest BCUT2D eigenvalue weighted by molar-refractivity contribution is 9.10. The minimum atomic E-state index is -0.140. The van der Waals surface area contributed by atoms with Crippen molar-refractivity contribution in [1.29, 1.82) is 0 Å². The van der Waals surface area contributed by atoms with Gasteiger partial charge in [0.2, 0.25) is 0 Å². The van der Waals surface area contributed by atoms with Crippen LogP contribution in [-0.2, 0) is 6.42 Å². The summed E-state index contributed by atoms with van der Waals surface area (Å²) in [7, 11) is 0. The molecule has 0 saturated carbocycles. The van der Waals surface area contributed by atoms with Crippen LogP contribution >= 0.6 is 27.3 Å². The van der Waals surface area contributed by atoms with Gasteiger partial charge in [0.25, 0.3) is 0 Å². The Balaban J connectivity index is 2.22. The van der Waals surface area contributed by atoms with Crippen LogP contribution in [-0.4, -0.2) is 11.2 Å². The molecule has 0 saturated heterocycles. The second-order valence-electron chi connectivity index (χ2n) is 3.93. The largest absolute Gasteiger partial charge is 0.393 e. The van der Waals surface area contributed by atoms with Crippen molar-refractivity contribution >= 4 is 27.3 Å². The monoisotopic (exact) mass is 276 g/mol. The second kappa shape index (κ2) is 5.89. The highest BCUT2D eigenvalue weighted by Gasteiger charge is 2.08. The normalized spacial score (nSPS) is 13.5. The predicted octanol–water partition coefficient (Wildman–Crippen LogP) is 3.85. The third-order valence-corrected chi connectivity index (χ3v) is 4.07. The van der Waals surface area contributed by atoms with E-state index >= 15 is 0 Å². The molecule has 1 nitrogen and oxygen atoms in total. The molecule has 80 valence electrons.